The van der Waals surface area contributed by atoms with E-state index in [1.54, 1.807) is 11.0 Å². The van der Waals surface area contributed by atoms with Crippen LogP contribution in [-0.4, -0.2) is 29.8 Å². The van der Waals surface area contributed by atoms with Gasteiger partial charge in [-0.15, -0.1) is 24.0 Å². The summed E-state index contributed by atoms with van der Waals surface area (Å²) in [6, 6.07) is 1.74. The van der Waals surface area contributed by atoms with Crippen molar-refractivity contribution in [2.24, 2.45) is 11.7 Å². The van der Waals surface area contributed by atoms with Crippen LogP contribution in [0.4, 0.5) is 0 Å². The van der Waals surface area contributed by atoms with Crippen LogP contribution in [0.5, 0.6) is 0 Å². The van der Waals surface area contributed by atoms with Gasteiger partial charge in [-0.1, -0.05) is 0 Å². The lowest BCUT2D eigenvalue weighted by molar-refractivity contribution is -0.121. The Hall–Kier alpha value is -1.01. The van der Waals surface area contributed by atoms with Crippen LogP contribution in [0.2, 0.25) is 0 Å². The van der Waals surface area contributed by atoms with Crippen LogP contribution >= 0.6 is 24.0 Å². The van der Waals surface area contributed by atoms with Gasteiger partial charge in [-0.05, 0) is 12.5 Å². The standard InChI is InChI=1S/C10H12N2O2S2/c11-9(13)6-1-2-12(4-6)10(14)8-3-7(15)5-16-8/h3,5-6,15H,1-2,4H2,(H2,11,13). The molecule has 1 aliphatic rings. The largest absolute Gasteiger partial charge is 0.369 e. The molecule has 0 radical (unpaired) electrons. The highest BCUT2D eigenvalue weighted by atomic mass is 32.1. The minimum atomic E-state index is -0.323. The zero-order valence-electron chi connectivity index (χ0n) is 8.55. The fraction of sp³-hybridized carbons (Fsp3) is 0.400. The topological polar surface area (TPSA) is 63.4 Å². The molecule has 1 aromatic heterocycles. The Morgan fingerprint density at radius 3 is 2.81 bits per heavy atom. The first-order chi connectivity index (χ1) is 7.58. The van der Waals surface area contributed by atoms with Gasteiger partial charge in [0.05, 0.1) is 10.8 Å². The molecule has 16 heavy (non-hydrogen) atoms. The van der Waals surface area contributed by atoms with Gasteiger partial charge in [0.25, 0.3) is 5.91 Å². The lowest BCUT2D eigenvalue weighted by Gasteiger charge is -2.14. The number of rotatable bonds is 2. The molecule has 2 heterocycles. The third kappa shape index (κ3) is 2.22. The molecule has 0 spiro atoms. The molecule has 1 fully saturated rings. The summed E-state index contributed by atoms with van der Waals surface area (Å²) in [5.41, 5.74) is 5.22. The zero-order valence-corrected chi connectivity index (χ0v) is 10.3. The van der Waals surface area contributed by atoms with E-state index in [0.29, 0.717) is 24.4 Å². The highest BCUT2D eigenvalue weighted by molar-refractivity contribution is 7.80. The fourth-order valence-corrected chi connectivity index (χ4v) is 2.89. The molecule has 0 bridgehead atoms. The molecular weight excluding hydrogens is 244 g/mol. The summed E-state index contributed by atoms with van der Waals surface area (Å²) in [6.45, 7) is 1.04. The van der Waals surface area contributed by atoms with Crippen molar-refractivity contribution in [3.05, 3.63) is 16.3 Å². The summed E-state index contributed by atoms with van der Waals surface area (Å²) in [4.78, 5) is 26.1. The first-order valence-corrected chi connectivity index (χ1v) is 6.26. The summed E-state index contributed by atoms with van der Waals surface area (Å²) in [7, 11) is 0. The van der Waals surface area contributed by atoms with Crippen molar-refractivity contribution in [2.45, 2.75) is 11.3 Å². The molecule has 2 N–H and O–H groups in total. The number of thiol groups is 1. The molecular formula is C10H12N2O2S2. The fourth-order valence-electron chi connectivity index (χ4n) is 1.77. The van der Waals surface area contributed by atoms with Crippen LogP contribution in [0.15, 0.2) is 16.3 Å². The van der Waals surface area contributed by atoms with E-state index in [1.165, 1.54) is 11.3 Å². The number of likely N-dealkylation sites (tertiary alicyclic amines) is 1. The Kier molecular flexibility index (Phi) is 3.20. The second-order valence-corrected chi connectivity index (χ2v) is 5.24. The average Bonchev–Trinajstić information content (AvgIpc) is 2.84. The van der Waals surface area contributed by atoms with E-state index in [1.807, 2.05) is 5.38 Å². The van der Waals surface area contributed by atoms with Gasteiger partial charge in [0.2, 0.25) is 5.91 Å². The molecule has 2 rings (SSSR count). The van der Waals surface area contributed by atoms with E-state index in [4.69, 9.17) is 5.73 Å². The molecule has 1 saturated heterocycles. The summed E-state index contributed by atoms with van der Waals surface area (Å²) in [5.74, 6) is -0.551. The van der Waals surface area contributed by atoms with Gasteiger partial charge >= 0.3 is 0 Å². The van der Waals surface area contributed by atoms with Gasteiger partial charge in [0.15, 0.2) is 0 Å². The predicted octanol–water partition coefficient (Wildman–Crippen LogP) is 0.984. The number of thiophene rings is 1. The molecule has 1 aliphatic heterocycles. The number of nitrogens with zero attached hydrogens (tertiary/aromatic N) is 1. The Morgan fingerprint density at radius 1 is 1.56 bits per heavy atom. The molecule has 0 aliphatic carbocycles. The lowest BCUT2D eigenvalue weighted by atomic mass is 10.1. The average molecular weight is 256 g/mol. The Morgan fingerprint density at radius 2 is 2.31 bits per heavy atom. The molecule has 86 valence electrons. The number of carbonyl (C=O) groups excluding carboxylic acids is 2. The van der Waals surface area contributed by atoms with E-state index in [0.717, 1.165) is 4.90 Å². The maximum Gasteiger partial charge on any atom is 0.263 e. The molecule has 2 amide bonds. The second-order valence-electron chi connectivity index (χ2n) is 3.81. The molecule has 0 saturated carbocycles. The monoisotopic (exact) mass is 256 g/mol. The van der Waals surface area contributed by atoms with Crippen molar-refractivity contribution >= 4 is 35.8 Å². The number of amides is 2. The van der Waals surface area contributed by atoms with E-state index < -0.39 is 0 Å². The summed E-state index contributed by atoms with van der Waals surface area (Å²) in [5, 5.41) is 1.82. The normalized spacial score (nSPS) is 20.1. The third-order valence-electron chi connectivity index (χ3n) is 2.67. The van der Waals surface area contributed by atoms with Crippen molar-refractivity contribution in [3.63, 3.8) is 0 Å². The number of carbonyl (C=O) groups is 2. The Bertz CT molecular complexity index is 430. The van der Waals surface area contributed by atoms with Gasteiger partial charge < -0.3 is 10.6 Å². The SMILES string of the molecule is NC(=O)C1CCN(C(=O)c2cc(S)cs2)C1. The van der Waals surface area contributed by atoms with Gasteiger partial charge in [-0.25, -0.2) is 0 Å². The van der Waals surface area contributed by atoms with E-state index >= 15 is 0 Å². The van der Waals surface area contributed by atoms with Crippen LogP contribution in [0, 0.1) is 5.92 Å². The highest BCUT2D eigenvalue weighted by Gasteiger charge is 2.30. The Balaban J connectivity index is 2.05. The maximum absolute atomic E-state index is 12.0. The summed E-state index contributed by atoms with van der Waals surface area (Å²) < 4.78 is 0. The second kappa shape index (κ2) is 4.47. The first-order valence-electron chi connectivity index (χ1n) is 4.94. The molecule has 1 unspecified atom stereocenters. The number of primary amides is 1. The third-order valence-corrected chi connectivity index (χ3v) is 4.03. The molecule has 1 aromatic rings. The van der Waals surface area contributed by atoms with Crippen molar-refractivity contribution in [3.8, 4) is 0 Å². The quantitative estimate of drug-likeness (QED) is 0.775. The van der Waals surface area contributed by atoms with Crippen molar-refractivity contribution in [1.82, 2.24) is 4.90 Å². The van der Waals surface area contributed by atoms with Gasteiger partial charge in [-0.2, -0.15) is 0 Å². The molecule has 4 nitrogen and oxygen atoms in total. The van der Waals surface area contributed by atoms with Gasteiger partial charge in [0, 0.05) is 23.4 Å². The van der Waals surface area contributed by atoms with Crippen LogP contribution in [0.25, 0.3) is 0 Å². The van der Waals surface area contributed by atoms with Crippen LogP contribution in [0.1, 0.15) is 16.1 Å². The number of hydrogen-bond donors (Lipinski definition) is 2. The molecule has 6 heteroatoms. The smallest absolute Gasteiger partial charge is 0.263 e. The van der Waals surface area contributed by atoms with Crippen molar-refractivity contribution < 1.29 is 9.59 Å². The van der Waals surface area contributed by atoms with Gasteiger partial charge in [-0.3, -0.25) is 9.59 Å². The summed E-state index contributed by atoms with van der Waals surface area (Å²) in [6.07, 6.45) is 0.667. The zero-order chi connectivity index (χ0) is 11.7. The number of hydrogen-bond acceptors (Lipinski definition) is 4. The molecule has 1 atom stereocenters. The minimum absolute atomic E-state index is 0.0333. The predicted molar refractivity (Wildman–Crippen MR) is 64.8 cm³/mol. The Labute approximate surface area is 103 Å². The van der Waals surface area contributed by atoms with Crippen molar-refractivity contribution in [1.29, 1.82) is 0 Å². The summed E-state index contributed by atoms with van der Waals surface area (Å²) >= 11 is 5.53. The van der Waals surface area contributed by atoms with Crippen LogP contribution < -0.4 is 5.73 Å². The lowest BCUT2D eigenvalue weighted by Crippen LogP contribution is -2.31. The van der Waals surface area contributed by atoms with Gasteiger partial charge in [0.1, 0.15) is 0 Å². The maximum atomic E-state index is 12.0. The van der Waals surface area contributed by atoms with E-state index in [2.05, 4.69) is 12.6 Å². The number of nitrogens with two attached hydrogens (primary N) is 1. The van der Waals surface area contributed by atoms with Crippen LogP contribution in [-0.2, 0) is 4.79 Å². The minimum Gasteiger partial charge on any atom is -0.369 e. The first kappa shape index (κ1) is 11.5. The molecule has 0 aromatic carbocycles. The van der Waals surface area contributed by atoms with Crippen LogP contribution in [0.3, 0.4) is 0 Å². The van der Waals surface area contributed by atoms with Crippen molar-refractivity contribution in [2.75, 3.05) is 13.1 Å². The van der Waals surface area contributed by atoms with E-state index in [9.17, 15) is 9.59 Å². The van der Waals surface area contributed by atoms with E-state index in [-0.39, 0.29) is 17.7 Å². The highest BCUT2D eigenvalue weighted by Crippen LogP contribution is 2.23.